The molecule has 2 aromatic carbocycles. The molecule has 0 saturated carbocycles. The number of aryl methyl sites for hydroxylation is 2. The molecule has 0 bridgehead atoms. The molecule has 26 heavy (non-hydrogen) atoms. The van der Waals surface area contributed by atoms with Crippen molar-refractivity contribution in [3.8, 4) is 11.4 Å². The Morgan fingerprint density at radius 3 is 2.65 bits per heavy atom. The molecular formula is C20H18ClN3O2. The summed E-state index contributed by atoms with van der Waals surface area (Å²) in [5, 5.41) is 4.72. The molecule has 0 aliphatic carbocycles. The summed E-state index contributed by atoms with van der Waals surface area (Å²) >= 11 is 6.20. The lowest BCUT2D eigenvalue weighted by Crippen LogP contribution is -2.24. The maximum atomic E-state index is 12.5. The van der Waals surface area contributed by atoms with Gasteiger partial charge in [0.1, 0.15) is 0 Å². The number of nitrogens with zero attached hydrogens (tertiary/aromatic N) is 3. The average molecular weight is 368 g/mol. The zero-order chi connectivity index (χ0) is 18.3. The standard InChI is InChI=1S/C20H18ClN3O2/c1-12-3-6-14(7-4-12)19-22-20(26-23-19)15-9-18(25)24(11-15)16-8-5-13(2)17(21)10-16/h3-8,10,15H,9,11H2,1-2H3. The smallest absolute Gasteiger partial charge is 0.232 e. The van der Waals surface area contributed by atoms with E-state index in [1.165, 1.54) is 5.56 Å². The largest absolute Gasteiger partial charge is 0.339 e. The number of carbonyl (C=O) groups excluding carboxylic acids is 1. The second-order valence-corrected chi connectivity index (χ2v) is 7.07. The summed E-state index contributed by atoms with van der Waals surface area (Å²) in [6.45, 7) is 4.47. The summed E-state index contributed by atoms with van der Waals surface area (Å²) in [5.74, 6) is 0.957. The number of hydrogen-bond donors (Lipinski definition) is 0. The SMILES string of the molecule is Cc1ccc(-c2noc(C3CC(=O)N(c4ccc(C)c(Cl)c4)C3)n2)cc1. The first-order chi connectivity index (χ1) is 12.5. The molecule has 1 aliphatic heterocycles. The fourth-order valence-corrected chi connectivity index (χ4v) is 3.27. The molecule has 1 atom stereocenters. The Morgan fingerprint density at radius 1 is 1.15 bits per heavy atom. The van der Waals surface area contributed by atoms with E-state index in [-0.39, 0.29) is 11.8 Å². The predicted molar refractivity (Wildman–Crippen MR) is 100 cm³/mol. The number of aromatic nitrogens is 2. The molecular weight excluding hydrogens is 350 g/mol. The van der Waals surface area contributed by atoms with Crippen molar-refractivity contribution in [1.82, 2.24) is 10.1 Å². The lowest BCUT2D eigenvalue weighted by molar-refractivity contribution is -0.117. The van der Waals surface area contributed by atoms with E-state index < -0.39 is 0 Å². The van der Waals surface area contributed by atoms with Crippen molar-refractivity contribution in [2.45, 2.75) is 26.2 Å². The molecule has 3 aromatic rings. The number of hydrogen-bond acceptors (Lipinski definition) is 4. The number of halogens is 1. The minimum absolute atomic E-state index is 0.0324. The van der Waals surface area contributed by atoms with E-state index in [9.17, 15) is 4.79 Å². The Labute approximate surface area is 156 Å². The highest BCUT2D eigenvalue weighted by Crippen LogP contribution is 2.33. The molecule has 1 saturated heterocycles. The molecule has 0 N–H and O–H groups in total. The van der Waals surface area contributed by atoms with Crippen molar-refractivity contribution in [1.29, 1.82) is 0 Å². The van der Waals surface area contributed by atoms with Crippen molar-refractivity contribution in [3.63, 3.8) is 0 Å². The Morgan fingerprint density at radius 2 is 1.92 bits per heavy atom. The highest BCUT2D eigenvalue weighted by atomic mass is 35.5. The molecule has 132 valence electrons. The Hall–Kier alpha value is -2.66. The normalized spacial score (nSPS) is 17.1. The van der Waals surface area contributed by atoms with Crippen LogP contribution in [-0.4, -0.2) is 22.6 Å². The van der Waals surface area contributed by atoms with Gasteiger partial charge in [-0.3, -0.25) is 4.79 Å². The maximum Gasteiger partial charge on any atom is 0.232 e. The zero-order valence-corrected chi connectivity index (χ0v) is 15.3. The van der Waals surface area contributed by atoms with E-state index in [0.717, 1.165) is 16.8 Å². The molecule has 6 heteroatoms. The third-order valence-corrected chi connectivity index (χ3v) is 5.10. The number of anilines is 1. The minimum Gasteiger partial charge on any atom is -0.339 e. The van der Waals surface area contributed by atoms with Gasteiger partial charge in [0.05, 0.1) is 5.92 Å². The summed E-state index contributed by atoms with van der Waals surface area (Å²) in [5.41, 5.74) is 3.85. The third kappa shape index (κ3) is 3.10. The number of benzene rings is 2. The highest BCUT2D eigenvalue weighted by Gasteiger charge is 2.35. The van der Waals surface area contributed by atoms with Gasteiger partial charge in [0.2, 0.25) is 17.6 Å². The summed E-state index contributed by atoms with van der Waals surface area (Å²) < 4.78 is 5.44. The summed E-state index contributed by atoms with van der Waals surface area (Å²) in [4.78, 5) is 18.7. The predicted octanol–water partition coefficient (Wildman–Crippen LogP) is 4.53. The van der Waals surface area contributed by atoms with E-state index in [2.05, 4.69) is 10.1 Å². The van der Waals surface area contributed by atoms with Gasteiger partial charge in [-0.25, -0.2) is 0 Å². The van der Waals surface area contributed by atoms with Gasteiger partial charge in [-0.1, -0.05) is 52.7 Å². The average Bonchev–Trinajstić information content (AvgIpc) is 3.25. The van der Waals surface area contributed by atoms with E-state index >= 15 is 0 Å². The van der Waals surface area contributed by atoms with Gasteiger partial charge in [-0.15, -0.1) is 0 Å². The van der Waals surface area contributed by atoms with Gasteiger partial charge in [0.25, 0.3) is 0 Å². The topological polar surface area (TPSA) is 59.2 Å². The molecule has 1 unspecified atom stereocenters. The van der Waals surface area contributed by atoms with E-state index in [4.69, 9.17) is 16.1 Å². The lowest BCUT2D eigenvalue weighted by atomic mass is 10.1. The molecule has 1 fully saturated rings. The Kier molecular flexibility index (Phi) is 4.24. The second-order valence-electron chi connectivity index (χ2n) is 6.66. The maximum absolute atomic E-state index is 12.5. The van der Waals surface area contributed by atoms with Crippen molar-refractivity contribution >= 4 is 23.2 Å². The van der Waals surface area contributed by atoms with Gasteiger partial charge in [0.15, 0.2) is 0 Å². The van der Waals surface area contributed by atoms with Crippen LogP contribution in [0.4, 0.5) is 5.69 Å². The molecule has 5 nitrogen and oxygen atoms in total. The highest BCUT2D eigenvalue weighted by molar-refractivity contribution is 6.31. The molecule has 1 amide bonds. The molecule has 0 radical (unpaired) electrons. The van der Waals surface area contributed by atoms with Crippen LogP contribution in [0.5, 0.6) is 0 Å². The van der Waals surface area contributed by atoms with Crippen molar-refractivity contribution in [2.24, 2.45) is 0 Å². The van der Waals surface area contributed by atoms with Crippen LogP contribution in [0.25, 0.3) is 11.4 Å². The van der Waals surface area contributed by atoms with Gasteiger partial charge in [0, 0.05) is 29.2 Å². The summed E-state index contributed by atoms with van der Waals surface area (Å²) in [6.07, 6.45) is 0.348. The molecule has 1 aromatic heterocycles. The van der Waals surface area contributed by atoms with Gasteiger partial charge >= 0.3 is 0 Å². The first kappa shape index (κ1) is 16.8. The van der Waals surface area contributed by atoms with Crippen LogP contribution in [0.1, 0.15) is 29.4 Å². The first-order valence-electron chi connectivity index (χ1n) is 8.48. The van der Waals surface area contributed by atoms with Crippen LogP contribution in [0.15, 0.2) is 47.0 Å². The van der Waals surface area contributed by atoms with Crippen LogP contribution < -0.4 is 4.90 Å². The third-order valence-electron chi connectivity index (χ3n) is 4.69. The van der Waals surface area contributed by atoms with Crippen molar-refractivity contribution < 1.29 is 9.32 Å². The van der Waals surface area contributed by atoms with Crippen LogP contribution in [-0.2, 0) is 4.79 Å². The van der Waals surface area contributed by atoms with Crippen molar-refractivity contribution in [3.05, 3.63) is 64.5 Å². The minimum atomic E-state index is -0.116. The number of amides is 1. The zero-order valence-electron chi connectivity index (χ0n) is 14.6. The fourth-order valence-electron chi connectivity index (χ4n) is 3.09. The van der Waals surface area contributed by atoms with Crippen LogP contribution in [0, 0.1) is 13.8 Å². The fraction of sp³-hybridized carbons (Fsp3) is 0.250. The second kappa shape index (κ2) is 6.57. The number of rotatable bonds is 3. The summed E-state index contributed by atoms with van der Waals surface area (Å²) in [6, 6.07) is 13.6. The van der Waals surface area contributed by atoms with E-state index in [0.29, 0.717) is 29.7 Å². The van der Waals surface area contributed by atoms with Crippen LogP contribution in [0.2, 0.25) is 5.02 Å². The van der Waals surface area contributed by atoms with Crippen LogP contribution >= 0.6 is 11.6 Å². The summed E-state index contributed by atoms with van der Waals surface area (Å²) in [7, 11) is 0. The lowest BCUT2D eigenvalue weighted by Gasteiger charge is -2.17. The molecule has 0 spiro atoms. The molecule has 1 aliphatic rings. The quantitative estimate of drug-likeness (QED) is 0.682. The monoisotopic (exact) mass is 367 g/mol. The Bertz CT molecular complexity index is 965. The van der Waals surface area contributed by atoms with E-state index in [1.807, 2.05) is 56.3 Å². The van der Waals surface area contributed by atoms with Crippen LogP contribution in [0.3, 0.4) is 0 Å². The van der Waals surface area contributed by atoms with Gasteiger partial charge in [-0.2, -0.15) is 4.98 Å². The Balaban J connectivity index is 1.55. The first-order valence-corrected chi connectivity index (χ1v) is 8.86. The van der Waals surface area contributed by atoms with Crippen molar-refractivity contribution in [2.75, 3.05) is 11.4 Å². The van der Waals surface area contributed by atoms with E-state index in [1.54, 1.807) is 4.90 Å². The number of carbonyl (C=O) groups is 1. The molecule has 4 rings (SSSR count). The van der Waals surface area contributed by atoms with Gasteiger partial charge in [-0.05, 0) is 31.5 Å². The van der Waals surface area contributed by atoms with Gasteiger partial charge < -0.3 is 9.42 Å². The molecule has 2 heterocycles.